The molecule has 1 saturated heterocycles. The first kappa shape index (κ1) is 19.3. The summed E-state index contributed by atoms with van der Waals surface area (Å²) in [7, 11) is 0. The maximum Gasteiger partial charge on any atom is 0.240 e. The van der Waals surface area contributed by atoms with Gasteiger partial charge in [-0.1, -0.05) is 67.6 Å². The monoisotopic (exact) mass is 386 g/mol. The Morgan fingerprint density at radius 3 is 1.97 bits per heavy atom. The molecule has 0 spiro atoms. The molecule has 2 aromatic carbocycles. The van der Waals surface area contributed by atoms with Gasteiger partial charge in [0.05, 0.1) is 17.9 Å². The van der Waals surface area contributed by atoms with E-state index < -0.39 is 0 Å². The predicted octanol–water partition coefficient (Wildman–Crippen LogP) is 4.48. The highest BCUT2D eigenvalue weighted by Crippen LogP contribution is 2.25. The van der Waals surface area contributed by atoms with Crippen LogP contribution in [0, 0.1) is 5.92 Å². The average Bonchev–Trinajstić information content (AvgIpc) is 2.76. The molecule has 0 atom stereocenters. The van der Waals surface area contributed by atoms with E-state index >= 15 is 0 Å². The van der Waals surface area contributed by atoms with Gasteiger partial charge in [-0.05, 0) is 37.9 Å². The molecule has 0 bridgehead atoms. The molecular weight excluding hydrogens is 360 g/mol. The zero-order chi connectivity index (χ0) is 20.1. The first-order valence-electron chi connectivity index (χ1n) is 10.2. The summed E-state index contributed by atoms with van der Waals surface area (Å²) in [5, 5.41) is 2.92. The predicted molar refractivity (Wildman–Crippen MR) is 116 cm³/mol. The summed E-state index contributed by atoms with van der Waals surface area (Å²) in [6.45, 7) is 4.58. The molecule has 5 nitrogen and oxygen atoms in total. The third-order valence-electron chi connectivity index (χ3n) is 5.36. The van der Waals surface area contributed by atoms with E-state index in [0.29, 0.717) is 12.5 Å². The summed E-state index contributed by atoms with van der Waals surface area (Å²) in [5.41, 5.74) is 3.57. The van der Waals surface area contributed by atoms with E-state index in [4.69, 9.17) is 0 Å². The number of carbonyl (C=O) groups excluding carboxylic acids is 1. The van der Waals surface area contributed by atoms with Gasteiger partial charge in [0, 0.05) is 11.1 Å². The van der Waals surface area contributed by atoms with Crippen LogP contribution < -0.4 is 5.32 Å². The number of piperidine rings is 1. The number of benzene rings is 2. The minimum atomic E-state index is -0.0659. The van der Waals surface area contributed by atoms with Crippen LogP contribution in [0.25, 0.3) is 22.5 Å². The fraction of sp³-hybridized carbons (Fsp3) is 0.292. The van der Waals surface area contributed by atoms with Gasteiger partial charge in [0.15, 0.2) is 0 Å². The van der Waals surface area contributed by atoms with Gasteiger partial charge in [-0.15, -0.1) is 0 Å². The molecule has 2 heterocycles. The molecule has 1 amide bonds. The number of amides is 1. The Hall–Kier alpha value is -3.05. The zero-order valence-electron chi connectivity index (χ0n) is 16.7. The summed E-state index contributed by atoms with van der Waals surface area (Å²) in [6.07, 6.45) is 2.29. The lowest BCUT2D eigenvalue weighted by Gasteiger charge is -2.29. The van der Waals surface area contributed by atoms with Gasteiger partial charge >= 0.3 is 0 Å². The number of anilines is 1. The molecule has 0 saturated carbocycles. The van der Waals surface area contributed by atoms with Gasteiger partial charge < -0.3 is 0 Å². The number of likely N-dealkylation sites (tertiary alicyclic amines) is 1. The molecule has 4 rings (SSSR count). The van der Waals surface area contributed by atoms with Crippen LogP contribution in [0.2, 0.25) is 0 Å². The van der Waals surface area contributed by atoms with Crippen molar-refractivity contribution in [1.82, 2.24) is 14.9 Å². The van der Waals surface area contributed by atoms with E-state index in [1.54, 1.807) is 0 Å². The first-order chi connectivity index (χ1) is 14.2. The molecule has 1 fully saturated rings. The maximum absolute atomic E-state index is 12.6. The lowest BCUT2D eigenvalue weighted by Crippen LogP contribution is -2.38. The Morgan fingerprint density at radius 1 is 0.931 bits per heavy atom. The maximum atomic E-state index is 12.6. The van der Waals surface area contributed by atoms with E-state index in [-0.39, 0.29) is 5.91 Å². The summed E-state index contributed by atoms with van der Waals surface area (Å²) >= 11 is 0. The van der Waals surface area contributed by atoms with Gasteiger partial charge in [-0.2, -0.15) is 0 Å². The van der Waals surface area contributed by atoms with Crippen molar-refractivity contribution in [2.24, 2.45) is 5.92 Å². The highest BCUT2D eigenvalue weighted by Gasteiger charge is 2.19. The standard InChI is InChI=1S/C24H26N4O/c1-18-12-14-28(15-13-18)17-23(29)27-24-25-21(19-8-4-2-5-9-19)16-22(26-24)20-10-6-3-7-11-20/h2-11,16,18H,12-15,17H2,1H3,(H,25,26,27,29). The van der Waals surface area contributed by atoms with E-state index in [0.717, 1.165) is 54.4 Å². The van der Waals surface area contributed by atoms with Gasteiger partial charge in [0.1, 0.15) is 0 Å². The SMILES string of the molecule is CC1CCN(CC(=O)Nc2nc(-c3ccccc3)cc(-c3ccccc3)n2)CC1. The van der Waals surface area contributed by atoms with E-state index in [1.807, 2.05) is 66.7 Å². The molecule has 29 heavy (non-hydrogen) atoms. The largest absolute Gasteiger partial charge is 0.294 e. The van der Waals surface area contributed by atoms with E-state index in [2.05, 4.69) is 27.1 Å². The van der Waals surface area contributed by atoms with Crippen molar-refractivity contribution < 1.29 is 4.79 Å². The highest BCUT2D eigenvalue weighted by atomic mass is 16.2. The fourth-order valence-electron chi connectivity index (χ4n) is 3.60. The van der Waals surface area contributed by atoms with Crippen molar-refractivity contribution in [2.75, 3.05) is 25.0 Å². The highest BCUT2D eigenvalue weighted by molar-refractivity contribution is 5.91. The molecule has 0 aliphatic carbocycles. The topological polar surface area (TPSA) is 58.1 Å². The molecular formula is C24H26N4O. The van der Waals surface area contributed by atoms with E-state index in [9.17, 15) is 4.79 Å². The molecule has 5 heteroatoms. The molecule has 3 aromatic rings. The minimum Gasteiger partial charge on any atom is -0.294 e. The van der Waals surface area contributed by atoms with Gasteiger partial charge in [-0.25, -0.2) is 9.97 Å². The smallest absolute Gasteiger partial charge is 0.240 e. The van der Waals surface area contributed by atoms with Crippen LogP contribution in [-0.2, 0) is 4.79 Å². The van der Waals surface area contributed by atoms with Crippen molar-refractivity contribution in [3.05, 3.63) is 66.7 Å². The second-order valence-electron chi connectivity index (χ2n) is 7.70. The number of hydrogen-bond acceptors (Lipinski definition) is 4. The number of nitrogens with zero attached hydrogens (tertiary/aromatic N) is 3. The second kappa shape index (κ2) is 8.97. The number of aromatic nitrogens is 2. The van der Waals surface area contributed by atoms with Crippen molar-refractivity contribution in [2.45, 2.75) is 19.8 Å². The molecule has 0 unspecified atom stereocenters. The molecule has 0 radical (unpaired) electrons. The summed E-state index contributed by atoms with van der Waals surface area (Å²) in [5.74, 6) is 1.03. The molecule has 1 aliphatic heterocycles. The minimum absolute atomic E-state index is 0.0659. The summed E-state index contributed by atoms with van der Waals surface area (Å²) in [4.78, 5) is 24.1. The lowest BCUT2D eigenvalue weighted by molar-refractivity contribution is -0.117. The van der Waals surface area contributed by atoms with Crippen LogP contribution in [0.1, 0.15) is 19.8 Å². The third kappa shape index (κ3) is 5.06. The lowest BCUT2D eigenvalue weighted by atomic mass is 9.99. The Balaban J connectivity index is 1.57. The van der Waals surface area contributed by atoms with Gasteiger partial charge in [-0.3, -0.25) is 15.0 Å². The fourth-order valence-corrected chi connectivity index (χ4v) is 3.60. The molecule has 148 valence electrons. The summed E-state index contributed by atoms with van der Waals surface area (Å²) in [6, 6.07) is 21.9. The van der Waals surface area contributed by atoms with Crippen molar-refractivity contribution in [3.8, 4) is 22.5 Å². The Kier molecular flexibility index (Phi) is 5.96. The van der Waals surface area contributed by atoms with Crippen LogP contribution in [-0.4, -0.2) is 40.4 Å². The molecule has 1 aliphatic rings. The zero-order valence-corrected chi connectivity index (χ0v) is 16.7. The van der Waals surface area contributed by atoms with Crippen LogP contribution >= 0.6 is 0 Å². The average molecular weight is 386 g/mol. The normalized spacial score (nSPS) is 15.2. The van der Waals surface area contributed by atoms with Crippen LogP contribution in [0.3, 0.4) is 0 Å². The van der Waals surface area contributed by atoms with Crippen molar-refractivity contribution >= 4 is 11.9 Å². The number of hydrogen-bond donors (Lipinski definition) is 1. The quantitative estimate of drug-likeness (QED) is 0.702. The Bertz CT molecular complexity index is 893. The molecule has 1 N–H and O–H groups in total. The van der Waals surface area contributed by atoms with Gasteiger partial charge in [0.25, 0.3) is 0 Å². The Morgan fingerprint density at radius 2 is 1.45 bits per heavy atom. The van der Waals surface area contributed by atoms with Crippen molar-refractivity contribution in [3.63, 3.8) is 0 Å². The second-order valence-corrected chi connectivity index (χ2v) is 7.70. The van der Waals surface area contributed by atoms with Crippen LogP contribution in [0.4, 0.5) is 5.95 Å². The van der Waals surface area contributed by atoms with E-state index in [1.165, 1.54) is 0 Å². The van der Waals surface area contributed by atoms with Gasteiger partial charge in [0.2, 0.25) is 11.9 Å². The number of rotatable bonds is 5. The first-order valence-corrected chi connectivity index (χ1v) is 10.2. The Labute approximate surface area is 171 Å². The van der Waals surface area contributed by atoms with Crippen molar-refractivity contribution in [1.29, 1.82) is 0 Å². The molecule has 1 aromatic heterocycles. The number of nitrogens with one attached hydrogen (secondary N) is 1. The number of carbonyl (C=O) groups is 1. The third-order valence-corrected chi connectivity index (χ3v) is 5.36. The van der Waals surface area contributed by atoms with Crippen LogP contribution in [0.15, 0.2) is 66.7 Å². The van der Waals surface area contributed by atoms with Crippen LogP contribution in [0.5, 0.6) is 0 Å². The summed E-state index contributed by atoms with van der Waals surface area (Å²) < 4.78 is 0.